The van der Waals surface area contributed by atoms with Crippen molar-refractivity contribution in [1.82, 2.24) is 15.0 Å². The second-order valence-corrected chi connectivity index (χ2v) is 6.36. The number of rotatable bonds is 3. The molecule has 0 radical (unpaired) electrons. The summed E-state index contributed by atoms with van der Waals surface area (Å²) in [5.74, 6) is 0.970. The second-order valence-electron chi connectivity index (χ2n) is 6.36. The molecule has 3 heterocycles. The summed E-state index contributed by atoms with van der Waals surface area (Å²) in [5, 5.41) is 3.87. The molecule has 0 N–H and O–H groups in total. The number of aromatic nitrogens is 1. The normalized spacial score (nSPS) is 19.2. The maximum absolute atomic E-state index is 12.3. The standard InChI is InChI=1S/C16H23N3O3/c1-11-14(12(2)22-17-11)8-15(20)19-9-13(10-19)16(21)18-6-4-3-5-7-18/h13H,3-10H2,1-2H3. The van der Waals surface area contributed by atoms with Gasteiger partial charge in [0.2, 0.25) is 11.8 Å². The molecule has 6 heteroatoms. The van der Waals surface area contributed by atoms with E-state index in [0.717, 1.165) is 37.2 Å². The zero-order valence-corrected chi connectivity index (χ0v) is 13.3. The fourth-order valence-electron chi connectivity index (χ4n) is 3.23. The third-order valence-corrected chi connectivity index (χ3v) is 4.76. The summed E-state index contributed by atoms with van der Waals surface area (Å²) in [5.41, 5.74) is 1.64. The van der Waals surface area contributed by atoms with Crippen LogP contribution in [0.1, 0.15) is 36.3 Å². The first-order valence-electron chi connectivity index (χ1n) is 8.04. The van der Waals surface area contributed by atoms with Crippen molar-refractivity contribution in [3.8, 4) is 0 Å². The number of aryl methyl sites for hydroxylation is 2. The Morgan fingerprint density at radius 3 is 2.41 bits per heavy atom. The molecule has 1 aromatic rings. The van der Waals surface area contributed by atoms with Gasteiger partial charge in [-0.2, -0.15) is 0 Å². The third kappa shape index (κ3) is 2.87. The lowest BCUT2D eigenvalue weighted by atomic mass is 9.96. The highest BCUT2D eigenvalue weighted by Gasteiger charge is 2.38. The Morgan fingerprint density at radius 1 is 1.14 bits per heavy atom. The lowest BCUT2D eigenvalue weighted by molar-refractivity contribution is -0.148. The molecule has 22 heavy (non-hydrogen) atoms. The smallest absolute Gasteiger partial charge is 0.229 e. The number of hydrogen-bond acceptors (Lipinski definition) is 4. The van der Waals surface area contributed by atoms with Crippen LogP contribution in [-0.2, 0) is 16.0 Å². The first-order valence-corrected chi connectivity index (χ1v) is 8.04. The summed E-state index contributed by atoms with van der Waals surface area (Å²) < 4.78 is 5.08. The van der Waals surface area contributed by atoms with Gasteiger partial charge in [0, 0.05) is 31.7 Å². The van der Waals surface area contributed by atoms with Crippen molar-refractivity contribution in [2.45, 2.75) is 39.5 Å². The zero-order valence-electron chi connectivity index (χ0n) is 13.3. The lowest BCUT2D eigenvalue weighted by Crippen LogP contribution is -2.57. The number of amides is 2. The number of carbonyl (C=O) groups excluding carboxylic acids is 2. The summed E-state index contributed by atoms with van der Waals surface area (Å²) in [7, 11) is 0. The van der Waals surface area contributed by atoms with Gasteiger partial charge in [0.1, 0.15) is 5.76 Å². The highest BCUT2D eigenvalue weighted by molar-refractivity contribution is 5.85. The molecule has 0 aliphatic carbocycles. The Bertz CT molecular complexity index is 550. The SMILES string of the molecule is Cc1noc(C)c1CC(=O)N1CC(C(=O)N2CCCCC2)C1. The Balaban J connectivity index is 1.50. The quantitative estimate of drug-likeness (QED) is 0.844. The number of likely N-dealkylation sites (tertiary alicyclic amines) is 2. The van der Waals surface area contributed by atoms with E-state index in [9.17, 15) is 9.59 Å². The van der Waals surface area contributed by atoms with Crippen LogP contribution in [0.4, 0.5) is 0 Å². The molecule has 1 aromatic heterocycles. The third-order valence-electron chi connectivity index (χ3n) is 4.76. The van der Waals surface area contributed by atoms with Gasteiger partial charge in [-0.3, -0.25) is 9.59 Å². The van der Waals surface area contributed by atoms with Gasteiger partial charge in [-0.25, -0.2) is 0 Å². The van der Waals surface area contributed by atoms with Crippen molar-refractivity contribution < 1.29 is 14.1 Å². The number of piperidine rings is 1. The molecule has 2 saturated heterocycles. The average molecular weight is 305 g/mol. The first-order chi connectivity index (χ1) is 10.6. The molecule has 0 spiro atoms. The van der Waals surface area contributed by atoms with E-state index in [4.69, 9.17) is 4.52 Å². The summed E-state index contributed by atoms with van der Waals surface area (Å²) >= 11 is 0. The highest BCUT2D eigenvalue weighted by Crippen LogP contribution is 2.22. The van der Waals surface area contributed by atoms with Crippen molar-refractivity contribution in [2.75, 3.05) is 26.2 Å². The predicted octanol–water partition coefficient (Wildman–Crippen LogP) is 1.30. The molecule has 6 nitrogen and oxygen atoms in total. The van der Waals surface area contributed by atoms with E-state index in [1.165, 1.54) is 6.42 Å². The van der Waals surface area contributed by atoms with E-state index in [0.29, 0.717) is 25.3 Å². The lowest BCUT2D eigenvalue weighted by Gasteiger charge is -2.41. The molecule has 0 atom stereocenters. The molecule has 2 aliphatic rings. The first kappa shape index (κ1) is 15.1. The van der Waals surface area contributed by atoms with E-state index in [1.54, 1.807) is 4.90 Å². The molecule has 0 aromatic carbocycles. The van der Waals surface area contributed by atoms with E-state index < -0.39 is 0 Å². The molecule has 2 amide bonds. The van der Waals surface area contributed by atoms with E-state index in [1.807, 2.05) is 18.7 Å². The fourth-order valence-corrected chi connectivity index (χ4v) is 3.23. The van der Waals surface area contributed by atoms with Gasteiger partial charge in [-0.05, 0) is 33.1 Å². The Kier molecular flexibility index (Phi) is 4.18. The van der Waals surface area contributed by atoms with Crippen molar-refractivity contribution in [1.29, 1.82) is 0 Å². The van der Waals surface area contributed by atoms with Crippen molar-refractivity contribution >= 4 is 11.8 Å². The van der Waals surface area contributed by atoms with Crippen LogP contribution in [0.15, 0.2) is 4.52 Å². The summed E-state index contributed by atoms with van der Waals surface area (Å²) in [6, 6.07) is 0. The van der Waals surface area contributed by atoms with E-state index in [2.05, 4.69) is 5.16 Å². The average Bonchev–Trinajstić information content (AvgIpc) is 2.78. The molecular weight excluding hydrogens is 282 g/mol. The Hall–Kier alpha value is -1.85. The Labute approximate surface area is 130 Å². The number of carbonyl (C=O) groups is 2. The maximum atomic E-state index is 12.3. The van der Waals surface area contributed by atoms with Crippen molar-refractivity contribution in [3.63, 3.8) is 0 Å². The van der Waals surface area contributed by atoms with Crippen molar-refractivity contribution in [3.05, 3.63) is 17.0 Å². The van der Waals surface area contributed by atoms with Crippen LogP contribution in [0.2, 0.25) is 0 Å². The van der Waals surface area contributed by atoms with Gasteiger partial charge in [-0.1, -0.05) is 5.16 Å². The molecule has 0 bridgehead atoms. The Morgan fingerprint density at radius 2 is 1.82 bits per heavy atom. The van der Waals surface area contributed by atoms with Gasteiger partial charge in [-0.15, -0.1) is 0 Å². The van der Waals surface area contributed by atoms with Gasteiger partial charge >= 0.3 is 0 Å². The maximum Gasteiger partial charge on any atom is 0.229 e. The molecular formula is C16H23N3O3. The number of hydrogen-bond donors (Lipinski definition) is 0. The van der Waals surface area contributed by atoms with Crippen molar-refractivity contribution in [2.24, 2.45) is 5.92 Å². The molecule has 0 unspecified atom stereocenters. The van der Waals surface area contributed by atoms with Crippen LogP contribution in [0.3, 0.4) is 0 Å². The summed E-state index contributed by atoms with van der Waals surface area (Å²) in [4.78, 5) is 28.3. The molecule has 3 rings (SSSR count). The van der Waals surface area contributed by atoms with Crippen LogP contribution >= 0.6 is 0 Å². The van der Waals surface area contributed by atoms with E-state index in [-0.39, 0.29) is 17.7 Å². The minimum Gasteiger partial charge on any atom is -0.361 e. The van der Waals surface area contributed by atoms with Gasteiger partial charge in [0.05, 0.1) is 18.0 Å². The minimum absolute atomic E-state index is 0.00767. The topological polar surface area (TPSA) is 66.7 Å². The van der Waals surface area contributed by atoms with Gasteiger partial charge in [0.25, 0.3) is 0 Å². The fraction of sp³-hybridized carbons (Fsp3) is 0.688. The van der Waals surface area contributed by atoms with Crippen LogP contribution in [0.25, 0.3) is 0 Å². The van der Waals surface area contributed by atoms with Crippen LogP contribution in [-0.4, -0.2) is 52.9 Å². The molecule has 2 aliphatic heterocycles. The summed E-state index contributed by atoms with van der Waals surface area (Å²) in [6.45, 7) is 6.53. The second kappa shape index (κ2) is 6.10. The van der Waals surface area contributed by atoms with Crippen LogP contribution in [0, 0.1) is 19.8 Å². The molecule has 0 saturated carbocycles. The summed E-state index contributed by atoms with van der Waals surface area (Å²) in [6.07, 6.45) is 3.74. The van der Waals surface area contributed by atoms with Crippen LogP contribution < -0.4 is 0 Å². The van der Waals surface area contributed by atoms with E-state index >= 15 is 0 Å². The number of nitrogens with zero attached hydrogens (tertiary/aromatic N) is 3. The largest absolute Gasteiger partial charge is 0.361 e. The predicted molar refractivity (Wildman–Crippen MR) is 80.2 cm³/mol. The molecule has 2 fully saturated rings. The van der Waals surface area contributed by atoms with Gasteiger partial charge < -0.3 is 14.3 Å². The highest BCUT2D eigenvalue weighted by atomic mass is 16.5. The van der Waals surface area contributed by atoms with Gasteiger partial charge in [0.15, 0.2) is 0 Å². The minimum atomic E-state index is -0.00767. The molecule has 120 valence electrons. The zero-order chi connectivity index (χ0) is 15.7. The van der Waals surface area contributed by atoms with Crippen LogP contribution in [0.5, 0.6) is 0 Å². The monoisotopic (exact) mass is 305 g/mol.